The van der Waals surface area contributed by atoms with Gasteiger partial charge in [0.25, 0.3) is 11.8 Å². The quantitative estimate of drug-likeness (QED) is 0.312. The molecule has 8 nitrogen and oxygen atoms in total. The molecule has 1 heterocycles. The molecule has 2 atom stereocenters. The van der Waals surface area contributed by atoms with Crippen molar-refractivity contribution in [1.82, 2.24) is 15.3 Å². The average Bonchev–Trinajstić information content (AvgIpc) is 2.76. The van der Waals surface area contributed by atoms with Crippen LogP contribution in [0.25, 0.3) is 0 Å². The second-order valence-corrected chi connectivity index (χ2v) is 5.48. The van der Waals surface area contributed by atoms with E-state index in [2.05, 4.69) is 4.84 Å². The van der Waals surface area contributed by atoms with Crippen LogP contribution < -0.4 is 5.32 Å². The van der Waals surface area contributed by atoms with Crippen LogP contribution in [0.15, 0.2) is 0 Å². The number of amides is 3. The Bertz CT molecular complexity index is 584. The molecule has 2 unspecified atom stereocenters. The molecule has 3 amide bonds. The molecule has 1 aliphatic heterocycles. The van der Waals surface area contributed by atoms with Gasteiger partial charge in [-0.2, -0.15) is 0 Å². The predicted octanol–water partition coefficient (Wildman–Crippen LogP) is -0.316. The van der Waals surface area contributed by atoms with E-state index in [0.29, 0.717) is 0 Å². The molecule has 124 valence electrons. The van der Waals surface area contributed by atoms with Crippen LogP contribution in [0.3, 0.4) is 0 Å². The fourth-order valence-corrected chi connectivity index (χ4v) is 2.17. The van der Waals surface area contributed by atoms with Gasteiger partial charge in [-0.25, -0.2) is 4.79 Å². The summed E-state index contributed by atoms with van der Waals surface area (Å²) in [6.07, 6.45) is -0.374. The maximum Gasteiger partial charge on any atom is 0.354 e. The first-order valence-electron chi connectivity index (χ1n) is 8.79. The lowest BCUT2D eigenvalue weighted by atomic mass is 10.1. The summed E-state index contributed by atoms with van der Waals surface area (Å²) in [4.78, 5) is 53.9. The van der Waals surface area contributed by atoms with Crippen molar-refractivity contribution in [3.05, 3.63) is 0 Å². The van der Waals surface area contributed by atoms with Crippen molar-refractivity contribution in [1.29, 1.82) is 0 Å². The highest BCUT2D eigenvalue weighted by atomic mass is 18.1. The number of imide groups is 1. The van der Waals surface area contributed by atoms with E-state index >= 15 is 0 Å². The first kappa shape index (κ1) is 12.6. The number of hydrogen-bond acceptors (Lipinski definition) is 6. The number of likely N-dealkylation sites (N-methyl/N-ethyl adjacent to an activating group) is 1. The summed E-state index contributed by atoms with van der Waals surface area (Å²) in [5, 5.41) is 2.03. The van der Waals surface area contributed by atoms with E-state index in [9.17, 15) is 19.2 Å². The van der Waals surface area contributed by atoms with Gasteiger partial charge in [-0.3, -0.25) is 19.3 Å². The molecule has 0 aromatic carbocycles. The molecule has 1 aliphatic rings. The van der Waals surface area contributed by atoms with Crippen LogP contribution in [-0.4, -0.2) is 59.8 Å². The Morgan fingerprint density at radius 2 is 1.95 bits per heavy atom. The van der Waals surface area contributed by atoms with E-state index in [1.807, 2.05) is 5.32 Å². The number of nitrogens with one attached hydrogen (secondary N) is 1. The minimum atomic E-state index is -3.31. The van der Waals surface area contributed by atoms with Gasteiger partial charge in [0.05, 0.1) is 7.41 Å². The molecule has 0 bridgehead atoms. The molecular formula is C14H23N3O5. The number of rotatable bonds is 6. The largest absolute Gasteiger partial charge is 0.354 e. The first-order valence-corrected chi connectivity index (χ1v) is 6.79. The molecule has 22 heavy (non-hydrogen) atoms. The van der Waals surface area contributed by atoms with Gasteiger partial charge in [0.2, 0.25) is 5.91 Å². The third kappa shape index (κ3) is 4.27. The summed E-state index contributed by atoms with van der Waals surface area (Å²) in [7, 11) is 3.18. The van der Waals surface area contributed by atoms with E-state index in [-0.39, 0.29) is 23.8 Å². The highest BCUT2D eigenvalue weighted by molar-refractivity contribution is 6.02. The average molecular weight is 321 g/mol. The maximum atomic E-state index is 12.5. The summed E-state index contributed by atoms with van der Waals surface area (Å²) in [6.45, 7) is 0.121. The normalized spacial score (nSPS) is 22.5. The van der Waals surface area contributed by atoms with Crippen LogP contribution >= 0.6 is 0 Å². The SMILES string of the molecule is [2H]C([2H])([2H])C([2H])(N[13C](=[18O])C(C(C)C)[15N](C)C)C(=O)ON1C(=O)CCC1=O. The van der Waals surface area contributed by atoms with Crippen molar-refractivity contribution in [3.63, 3.8) is 0 Å². The molecule has 0 aliphatic carbocycles. The number of carbonyl (C=O) groups excluding carboxylic acids is 4. The molecule has 8 heteroatoms. The fraction of sp³-hybridized carbons (Fsp3) is 0.714. The Morgan fingerprint density at radius 1 is 1.41 bits per heavy atom. The van der Waals surface area contributed by atoms with Crippen LogP contribution in [0, 0.1) is 5.92 Å². The lowest BCUT2D eigenvalue weighted by molar-refractivity contribution is -0.198. The van der Waals surface area contributed by atoms with Crippen LogP contribution in [0.4, 0.5) is 0 Å². The minimum absolute atomic E-state index is 0.134. The predicted molar refractivity (Wildman–Crippen MR) is 77.1 cm³/mol. The zero-order valence-corrected chi connectivity index (χ0v) is 13.0. The second-order valence-electron chi connectivity index (χ2n) is 5.48. The molecular weight excluding hydrogens is 294 g/mol. The van der Waals surface area contributed by atoms with E-state index in [1.54, 1.807) is 27.9 Å². The standard InChI is InChI=1S/C14H23N3O5/c1-8(2)12(16(4)5)13(20)15-9(3)14(21)22-17-10(18)6-7-11(17)19/h8-9,12H,6-7H2,1-5H3,(H,15,20)/i3D3,9D,13+1,16+1,20+2. The van der Waals surface area contributed by atoms with Crippen molar-refractivity contribution in [2.75, 3.05) is 14.1 Å². The Hall–Kier alpha value is -1.96. The summed E-state index contributed by atoms with van der Waals surface area (Å²) >= 11 is 0. The van der Waals surface area contributed by atoms with Crippen molar-refractivity contribution < 1.29 is 29.5 Å². The van der Waals surface area contributed by atoms with Crippen LogP contribution in [0.5, 0.6) is 0 Å². The number of carbonyl (C=O) groups is 4. The molecule has 0 aromatic rings. The maximum absolute atomic E-state index is 12.5. The molecule has 0 aromatic heterocycles. The van der Waals surface area contributed by atoms with Crippen molar-refractivity contribution >= 4 is 23.7 Å². The Balaban J connectivity index is 3.11. The van der Waals surface area contributed by atoms with Gasteiger partial charge >= 0.3 is 5.97 Å². The van der Waals surface area contributed by atoms with Gasteiger partial charge in [-0.15, -0.1) is 5.06 Å². The summed E-state index contributed by atoms with van der Waals surface area (Å²) in [6, 6.07) is -4.00. The highest BCUT2D eigenvalue weighted by Gasteiger charge is 2.35. The second kappa shape index (κ2) is 7.35. The van der Waals surface area contributed by atoms with Gasteiger partial charge in [0.15, 0.2) is 0 Å². The summed E-state index contributed by atoms with van der Waals surface area (Å²) in [5.74, 6) is -4.50. The highest BCUT2D eigenvalue weighted by Crippen LogP contribution is 2.13. The lowest BCUT2D eigenvalue weighted by Gasteiger charge is -2.28. The van der Waals surface area contributed by atoms with E-state index in [4.69, 9.17) is 5.48 Å². The number of hydroxylamine groups is 2. The van der Waals surface area contributed by atoms with Crippen LogP contribution in [0.1, 0.15) is 39.0 Å². The van der Waals surface area contributed by atoms with Gasteiger partial charge in [0, 0.05) is 17.0 Å². The van der Waals surface area contributed by atoms with Crippen molar-refractivity contribution in [3.8, 4) is 0 Å². The molecule has 0 radical (unpaired) electrons. The van der Waals surface area contributed by atoms with Gasteiger partial charge in [-0.1, -0.05) is 13.8 Å². The van der Waals surface area contributed by atoms with Gasteiger partial charge in [0.1, 0.15) is 6.02 Å². The van der Waals surface area contributed by atoms with Gasteiger partial charge in [-0.05, 0) is 26.9 Å². The molecule has 1 fully saturated rings. The molecule has 1 N–H and O–H groups in total. The Labute approximate surface area is 135 Å². The fourth-order valence-electron chi connectivity index (χ4n) is 2.17. The van der Waals surface area contributed by atoms with Crippen LogP contribution in [-0.2, 0) is 24.0 Å². The minimum Gasteiger partial charge on any atom is -0.341 e. The smallest absolute Gasteiger partial charge is 0.341 e. The monoisotopic (exact) mass is 321 g/mol. The topological polar surface area (TPSA) is 96.0 Å². The Kier molecular flexibility index (Phi) is 4.20. The lowest BCUT2D eigenvalue weighted by Crippen LogP contribution is -2.52. The van der Waals surface area contributed by atoms with Crippen molar-refractivity contribution in [2.24, 2.45) is 5.92 Å². The summed E-state index contributed by atoms with van der Waals surface area (Å²) in [5.41, 5.74) is 0. The zero-order chi connectivity index (χ0) is 20.4. The third-order valence-corrected chi connectivity index (χ3v) is 3.09. The van der Waals surface area contributed by atoms with E-state index < -0.39 is 42.6 Å². The zero-order valence-electron chi connectivity index (χ0n) is 17.0. The molecule has 1 saturated heterocycles. The summed E-state index contributed by atoms with van der Waals surface area (Å²) < 4.78 is 30.4. The van der Waals surface area contributed by atoms with Crippen molar-refractivity contribution in [2.45, 2.75) is 45.6 Å². The number of hydrogen-bond donors (Lipinski definition) is 1. The van der Waals surface area contributed by atoms with E-state index in [1.165, 1.54) is 4.90 Å². The molecule has 1 rings (SSSR count). The molecule has 0 saturated carbocycles. The van der Waals surface area contributed by atoms with Crippen LogP contribution in [0.2, 0.25) is 0 Å². The number of nitrogens with zero attached hydrogens (tertiary/aromatic N) is 2. The van der Waals surface area contributed by atoms with Gasteiger partial charge < -0.3 is 10.2 Å². The Morgan fingerprint density at radius 3 is 2.36 bits per heavy atom. The first-order chi connectivity index (χ1) is 11.7. The third-order valence-electron chi connectivity index (χ3n) is 3.09. The van der Waals surface area contributed by atoms with E-state index in [0.717, 1.165) is 0 Å². The molecule has 0 spiro atoms.